The number of nitrogens with one attached hydrogen (secondary N) is 1. The molecule has 2 atom stereocenters. The highest BCUT2D eigenvalue weighted by Crippen LogP contribution is 2.32. The lowest BCUT2D eigenvalue weighted by Crippen LogP contribution is -2.47. The van der Waals surface area contributed by atoms with E-state index in [2.05, 4.69) is 39.9 Å². The number of hydrogen-bond donors (Lipinski definition) is 1. The van der Waals surface area contributed by atoms with E-state index in [4.69, 9.17) is 0 Å². The van der Waals surface area contributed by atoms with E-state index < -0.39 is 0 Å². The molecule has 112 valence electrons. The molecule has 0 radical (unpaired) electrons. The zero-order valence-electron chi connectivity index (χ0n) is 13.6. The van der Waals surface area contributed by atoms with Gasteiger partial charge in [0.2, 0.25) is 0 Å². The third kappa shape index (κ3) is 4.91. The Labute approximate surface area is 119 Å². The van der Waals surface area contributed by atoms with Gasteiger partial charge in [-0.15, -0.1) is 0 Å². The van der Waals surface area contributed by atoms with Crippen molar-refractivity contribution in [3.8, 4) is 0 Å². The van der Waals surface area contributed by atoms with E-state index in [0.717, 1.165) is 19.3 Å². The van der Waals surface area contributed by atoms with E-state index in [1.54, 1.807) is 0 Å². The van der Waals surface area contributed by atoms with Crippen LogP contribution in [0.15, 0.2) is 0 Å². The summed E-state index contributed by atoms with van der Waals surface area (Å²) in [4.78, 5) is 12.9. The number of hydrogen-bond acceptors (Lipinski definition) is 2. The van der Waals surface area contributed by atoms with Crippen molar-refractivity contribution in [2.24, 2.45) is 11.3 Å². The molecule has 0 aliphatic heterocycles. The Hall–Kier alpha value is -0.370. The fourth-order valence-electron chi connectivity index (χ4n) is 3.10. The lowest BCUT2D eigenvalue weighted by molar-refractivity contribution is -0.133. The quantitative estimate of drug-likeness (QED) is 0.803. The van der Waals surface area contributed by atoms with Crippen LogP contribution in [0, 0.1) is 11.3 Å². The summed E-state index contributed by atoms with van der Waals surface area (Å²) in [5, 5.41) is 3.66. The number of Topliss-reactive ketones (excluding diaryl/α,β-unsaturated/α-hetero) is 1. The zero-order chi connectivity index (χ0) is 14.5. The third-order valence-corrected chi connectivity index (χ3v) is 4.70. The standard InChI is InChI=1S/C17H33NO/c1-6-17(4,5)16(19)14-11-9-7-8-10-12-15(14)18-13(2)3/h13-15,18H,6-12H2,1-5H3/t14-,15+/m0/s1. The summed E-state index contributed by atoms with van der Waals surface area (Å²) in [5.41, 5.74) is -0.166. The monoisotopic (exact) mass is 267 g/mol. The Kier molecular flexibility index (Phi) is 6.52. The van der Waals surface area contributed by atoms with Gasteiger partial charge in [-0.2, -0.15) is 0 Å². The molecule has 2 heteroatoms. The second-order valence-corrected chi connectivity index (χ2v) is 7.13. The predicted octanol–water partition coefficient (Wildman–Crippen LogP) is 4.33. The first-order valence-electron chi connectivity index (χ1n) is 8.19. The second kappa shape index (κ2) is 7.42. The van der Waals surface area contributed by atoms with Crippen LogP contribution in [0.5, 0.6) is 0 Å². The Morgan fingerprint density at radius 2 is 1.74 bits per heavy atom. The van der Waals surface area contributed by atoms with Gasteiger partial charge in [-0.25, -0.2) is 0 Å². The number of rotatable bonds is 5. The van der Waals surface area contributed by atoms with E-state index in [1.165, 1.54) is 25.7 Å². The minimum atomic E-state index is -0.166. The normalized spacial score (nSPS) is 26.0. The van der Waals surface area contributed by atoms with E-state index in [0.29, 0.717) is 17.9 Å². The van der Waals surface area contributed by atoms with Gasteiger partial charge in [0.05, 0.1) is 0 Å². The number of ketones is 1. The van der Waals surface area contributed by atoms with Crippen LogP contribution < -0.4 is 5.32 Å². The molecule has 0 heterocycles. The van der Waals surface area contributed by atoms with Crippen molar-refractivity contribution in [2.75, 3.05) is 0 Å². The van der Waals surface area contributed by atoms with Crippen molar-refractivity contribution in [1.82, 2.24) is 5.32 Å². The molecular weight excluding hydrogens is 234 g/mol. The maximum Gasteiger partial charge on any atom is 0.143 e. The zero-order valence-corrected chi connectivity index (χ0v) is 13.6. The molecule has 2 nitrogen and oxygen atoms in total. The highest BCUT2D eigenvalue weighted by molar-refractivity contribution is 5.86. The molecule has 1 N–H and O–H groups in total. The summed E-state index contributed by atoms with van der Waals surface area (Å²) >= 11 is 0. The summed E-state index contributed by atoms with van der Waals surface area (Å²) in [6.07, 6.45) is 8.28. The van der Waals surface area contributed by atoms with Crippen molar-refractivity contribution in [3.63, 3.8) is 0 Å². The summed E-state index contributed by atoms with van der Waals surface area (Å²) in [7, 11) is 0. The lowest BCUT2D eigenvalue weighted by Gasteiger charge is -2.35. The average molecular weight is 267 g/mol. The molecule has 0 amide bonds. The van der Waals surface area contributed by atoms with E-state index in [1.807, 2.05) is 0 Å². The molecule has 1 rings (SSSR count). The van der Waals surface area contributed by atoms with Crippen molar-refractivity contribution >= 4 is 5.78 Å². The maximum atomic E-state index is 12.9. The van der Waals surface area contributed by atoms with Crippen LogP contribution in [-0.4, -0.2) is 17.9 Å². The molecule has 0 saturated heterocycles. The van der Waals surface area contributed by atoms with Crippen LogP contribution in [0.3, 0.4) is 0 Å². The molecule has 1 aliphatic carbocycles. The van der Waals surface area contributed by atoms with Crippen LogP contribution >= 0.6 is 0 Å². The van der Waals surface area contributed by atoms with Gasteiger partial charge < -0.3 is 5.32 Å². The number of carbonyl (C=O) groups is 1. The molecule has 0 unspecified atom stereocenters. The van der Waals surface area contributed by atoms with Crippen molar-refractivity contribution in [2.45, 2.75) is 91.6 Å². The number of carbonyl (C=O) groups excluding carboxylic acids is 1. The second-order valence-electron chi connectivity index (χ2n) is 7.13. The Balaban J connectivity index is 2.84. The van der Waals surface area contributed by atoms with Crippen molar-refractivity contribution in [3.05, 3.63) is 0 Å². The van der Waals surface area contributed by atoms with Gasteiger partial charge in [0.1, 0.15) is 5.78 Å². The van der Waals surface area contributed by atoms with Gasteiger partial charge in [0.15, 0.2) is 0 Å². The molecule has 0 bridgehead atoms. The molecule has 0 aromatic rings. The molecule has 1 aliphatic rings. The molecule has 19 heavy (non-hydrogen) atoms. The van der Waals surface area contributed by atoms with Crippen LogP contribution in [-0.2, 0) is 4.79 Å². The van der Waals surface area contributed by atoms with Crippen LogP contribution in [0.25, 0.3) is 0 Å². The van der Waals surface area contributed by atoms with Crippen LogP contribution in [0.4, 0.5) is 0 Å². The van der Waals surface area contributed by atoms with Gasteiger partial charge in [0.25, 0.3) is 0 Å². The molecule has 1 fully saturated rings. The fraction of sp³-hybridized carbons (Fsp3) is 0.941. The summed E-state index contributed by atoms with van der Waals surface area (Å²) < 4.78 is 0. The van der Waals surface area contributed by atoms with Gasteiger partial charge in [-0.05, 0) is 19.3 Å². The van der Waals surface area contributed by atoms with Crippen LogP contribution in [0.1, 0.15) is 79.6 Å². The summed E-state index contributed by atoms with van der Waals surface area (Å²) in [5.74, 6) is 0.702. The first-order chi connectivity index (χ1) is 8.88. The Morgan fingerprint density at radius 3 is 2.26 bits per heavy atom. The smallest absolute Gasteiger partial charge is 0.143 e. The fourth-order valence-corrected chi connectivity index (χ4v) is 3.10. The van der Waals surface area contributed by atoms with Crippen molar-refractivity contribution < 1.29 is 4.79 Å². The highest BCUT2D eigenvalue weighted by atomic mass is 16.1. The SMILES string of the molecule is CCC(C)(C)C(=O)[C@H]1CCCCCC[C@H]1NC(C)C. The molecule has 0 spiro atoms. The van der Waals surface area contributed by atoms with Gasteiger partial charge in [-0.3, -0.25) is 4.79 Å². The Morgan fingerprint density at radius 1 is 1.16 bits per heavy atom. The average Bonchev–Trinajstić information content (AvgIpc) is 2.32. The van der Waals surface area contributed by atoms with Crippen molar-refractivity contribution in [1.29, 1.82) is 0 Å². The molecule has 1 saturated carbocycles. The molecule has 0 aromatic carbocycles. The largest absolute Gasteiger partial charge is 0.311 e. The minimum absolute atomic E-state index is 0.166. The maximum absolute atomic E-state index is 12.9. The van der Waals surface area contributed by atoms with Gasteiger partial charge in [-0.1, -0.05) is 60.3 Å². The van der Waals surface area contributed by atoms with E-state index in [-0.39, 0.29) is 11.3 Å². The molecular formula is C17H33NO. The minimum Gasteiger partial charge on any atom is -0.311 e. The lowest BCUT2D eigenvalue weighted by atomic mass is 9.73. The topological polar surface area (TPSA) is 29.1 Å². The highest BCUT2D eigenvalue weighted by Gasteiger charge is 2.36. The van der Waals surface area contributed by atoms with Crippen LogP contribution in [0.2, 0.25) is 0 Å². The van der Waals surface area contributed by atoms with E-state index in [9.17, 15) is 4.79 Å². The van der Waals surface area contributed by atoms with Gasteiger partial charge >= 0.3 is 0 Å². The predicted molar refractivity (Wildman–Crippen MR) is 82.3 cm³/mol. The van der Waals surface area contributed by atoms with Gasteiger partial charge in [0, 0.05) is 23.4 Å². The third-order valence-electron chi connectivity index (χ3n) is 4.70. The van der Waals surface area contributed by atoms with E-state index >= 15 is 0 Å². The first kappa shape index (κ1) is 16.7. The Bertz CT molecular complexity index is 283. The summed E-state index contributed by atoms with van der Waals surface area (Å²) in [6.45, 7) is 10.7. The molecule has 0 aromatic heterocycles. The summed E-state index contributed by atoms with van der Waals surface area (Å²) in [6, 6.07) is 0.850. The first-order valence-corrected chi connectivity index (χ1v) is 8.19.